The van der Waals surface area contributed by atoms with Crippen molar-refractivity contribution in [3.8, 4) is 28.5 Å². The average molecular weight is 303 g/mol. The standard InChI is InChI=1S/C16H21N3O3/c1-5-19-16-11(6-7-17-16)14(18-19)10-8-12(20-2)15(22-4)13(9-10)21-3/h8-9,17H,5-7H2,1-4H3. The number of benzene rings is 1. The molecule has 1 N–H and O–H groups in total. The first-order chi connectivity index (χ1) is 10.7. The summed E-state index contributed by atoms with van der Waals surface area (Å²) in [5.41, 5.74) is 3.19. The van der Waals surface area contributed by atoms with Crippen LogP contribution in [-0.2, 0) is 13.0 Å². The van der Waals surface area contributed by atoms with Crippen LogP contribution in [0, 0.1) is 0 Å². The molecular formula is C16H21N3O3. The van der Waals surface area contributed by atoms with Gasteiger partial charge in [0.25, 0.3) is 0 Å². The van der Waals surface area contributed by atoms with Crippen LogP contribution in [0.1, 0.15) is 12.5 Å². The molecule has 1 aliphatic rings. The molecule has 0 spiro atoms. The number of aryl methyl sites for hydroxylation is 1. The Morgan fingerprint density at radius 3 is 2.36 bits per heavy atom. The van der Waals surface area contributed by atoms with Crippen molar-refractivity contribution >= 4 is 5.82 Å². The number of ether oxygens (including phenoxy) is 3. The van der Waals surface area contributed by atoms with Gasteiger partial charge in [-0.05, 0) is 25.5 Å². The molecule has 1 aliphatic heterocycles. The molecule has 2 aromatic rings. The lowest BCUT2D eigenvalue weighted by Crippen LogP contribution is -2.04. The molecule has 0 aliphatic carbocycles. The van der Waals surface area contributed by atoms with Gasteiger partial charge in [0.1, 0.15) is 5.82 Å². The number of methoxy groups -OCH3 is 3. The quantitative estimate of drug-likeness (QED) is 0.920. The van der Waals surface area contributed by atoms with Crippen molar-refractivity contribution in [2.45, 2.75) is 19.9 Å². The van der Waals surface area contributed by atoms with E-state index < -0.39 is 0 Å². The summed E-state index contributed by atoms with van der Waals surface area (Å²) in [5, 5.41) is 8.13. The smallest absolute Gasteiger partial charge is 0.203 e. The molecule has 0 unspecified atom stereocenters. The summed E-state index contributed by atoms with van der Waals surface area (Å²) in [7, 11) is 4.85. The van der Waals surface area contributed by atoms with E-state index in [4.69, 9.17) is 19.3 Å². The van der Waals surface area contributed by atoms with Crippen molar-refractivity contribution in [3.63, 3.8) is 0 Å². The van der Waals surface area contributed by atoms with Crippen LogP contribution in [0.15, 0.2) is 12.1 Å². The Labute approximate surface area is 130 Å². The second-order valence-electron chi connectivity index (χ2n) is 5.08. The summed E-state index contributed by atoms with van der Waals surface area (Å²) >= 11 is 0. The number of anilines is 1. The van der Waals surface area contributed by atoms with Gasteiger partial charge >= 0.3 is 0 Å². The van der Waals surface area contributed by atoms with Crippen LogP contribution in [0.4, 0.5) is 5.82 Å². The maximum atomic E-state index is 5.44. The maximum absolute atomic E-state index is 5.44. The average Bonchev–Trinajstić information content (AvgIpc) is 3.15. The van der Waals surface area contributed by atoms with E-state index in [1.807, 2.05) is 16.8 Å². The van der Waals surface area contributed by atoms with Crippen molar-refractivity contribution < 1.29 is 14.2 Å². The predicted octanol–water partition coefficient (Wildman–Crippen LogP) is 2.56. The molecule has 0 fully saturated rings. The molecule has 22 heavy (non-hydrogen) atoms. The molecule has 6 nitrogen and oxygen atoms in total. The molecule has 2 heterocycles. The van der Waals surface area contributed by atoms with Crippen LogP contribution in [0.5, 0.6) is 17.2 Å². The highest BCUT2D eigenvalue weighted by atomic mass is 16.5. The van der Waals surface area contributed by atoms with Crippen LogP contribution in [0.3, 0.4) is 0 Å². The van der Waals surface area contributed by atoms with E-state index in [2.05, 4.69) is 12.2 Å². The van der Waals surface area contributed by atoms with Crippen molar-refractivity contribution in [2.75, 3.05) is 33.2 Å². The lowest BCUT2D eigenvalue weighted by atomic mass is 10.1. The van der Waals surface area contributed by atoms with E-state index in [-0.39, 0.29) is 0 Å². The van der Waals surface area contributed by atoms with Gasteiger partial charge in [-0.15, -0.1) is 0 Å². The zero-order valence-corrected chi connectivity index (χ0v) is 13.4. The molecule has 0 amide bonds. The van der Waals surface area contributed by atoms with Gasteiger partial charge in [-0.1, -0.05) is 0 Å². The molecule has 0 atom stereocenters. The number of nitrogens with one attached hydrogen (secondary N) is 1. The summed E-state index contributed by atoms with van der Waals surface area (Å²) in [6.45, 7) is 3.87. The third kappa shape index (κ3) is 2.15. The topological polar surface area (TPSA) is 57.5 Å². The first-order valence-corrected chi connectivity index (χ1v) is 7.37. The normalized spacial score (nSPS) is 12.7. The molecule has 3 rings (SSSR count). The Bertz CT molecular complexity index is 669. The van der Waals surface area contributed by atoms with Gasteiger partial charge in [-0.3, -0.25) is 0 Å². The third-order valence-electron chi connectivity index (χ3n) is 3.96. The highest BCUT2D eigenvalue weighted by Crippen LogP contribution is 2.43. The fraction of sp³-hybridized carbons (Fsp3) is 0.438. The number of fused-ring (bicyclic) bond motifs is 1. The van der Waals surface area contributed by atoms with Crippen molar-refractivity contribution in [1.29, 1.82) is 0 Å². The van der Waals surface area contributed by atoms with E-state index >= 15 is 0 Å². The summed E-state index contributed by atoms with van der Waals surface area (Å²) in [6, 6.07) is 3.89. The number of nitrogens with zero attached hydrogens (tertiary/aromatic N) is 2. The van der Waals surface area contributed by atoms with Gasteiger partial charge in [0.05, 0.1) is 27.0 Å². The highest BCUT2D eigenvalue weighted by Gasteiger charge is 2.24. The minimum Gasteiger partial charge on any atom is -0.493 e. The zero-order valence-electron chi connectivity index (χ0n) is 13.4. The van der Waals surface area contributed by atoms with Crippen LogP contribution in [0.25, 0.3) is 11.3 Å². The molecule has 1 aromatic carbocycles. The fourth-order valence-corrected chi connectivity index (χ4v) is 2.92. The Balaban J connectivity index is 2.17. The summed E-state index contributed by atoms with van der Waals surface area (Å²) in [4.78, 5) is 0. The van der Waals surface area contributed by atoms with Gasteiger partial charge in [0, 0.05) is 24.2 Å². The Kier molecular flexibility index (Phi) is 3.83. The van der Waals surface area contributed by atoms with Gasteiger partial charge in [0.2, 0.25) is 5.75 Å². The molecule has 0 saturated heterocycles. The first-order valence-electron chi connectivity index (χ1n) is 7.37. The van der Waals surface area contributed by atoms with Crippen LogP contribution in [-0.4, -0.2) is 37.7 Å². The minimum atomic E-state index is 0.596. The summed E-state index contributed by atoms with van der Waals surface area (Å²) < 4.78 is 18.3. The van der Waals surface area contributed by atoms with Gasteiger partial charge in [-0.2, -0.15) is 5.10 Å². The molecule has 0 radical (unpaired) electrons. The summed E-state index contributed by atoms with van der Waals surface area (Å²) in [6.07, 6.45) is 0.974. The lowest BCUT2D eigenvalue weighted by Gasteiger charge is -2.13. The fourth-order valence-electron chi connectivity index (χ4n) is 2.92. The van der Waals surface area contributed by atoms with Crippen LogP contribution in [0.2, 0.25) is 0 Å². The minimum absolute atomic E-state index is 0.596. The number of rotatable bonds is 5. The van der Waals surface area contributed by atoms with E-state index in [1.54, 1.807) is 21.3 Å². The van der Waals surface area contributed by atoms with Crippen molar-refractivity contribution in [3.05, 3.63) is 17.7 Å². The van der Waals surface area contributed by atoms with Crippen LogP contribution < -0.4 is 19.5 Å². The van der Waals surface area contributed by atoms with E-state index in [9.17, 15) is 0 Å². The lowest BCUT2D eigenvalue weighted by molar-refractivity contribution is 0.324. The Morgan fingerprint density at radius 1 is 1.14 bits per heavy atom. The second-order valence-corrected chi connectivity index (χ2v) is 5.08. The predicted molar refractivity (Wildman–Crippen MR) is 85.2 cm³/mol. The van der Waals surface area contributed by atoms with Gasteiger partial charge in [0.15, 0.2) is 11.5 Å². The molecule has 1 aromatic heterocycles. The summed E-state index contributed by atoms with van der Waals surface area (Å²) in [5.74, 6) is 3.00. The van der Waals surface area contributed by atoms with Gasteiger partial charge < -0.3 is 19.5 Å². The van der Waals surface area contributed by atoms with E-state index in [0.29, 0.717) is 17.2 Å². The van der Waals surface area contributed by atoms with E-state index in [1.165, 1.54) is 5.56 Å². The Hall–Kier alpha value is -2.37. The first kappa shape index (κ1) is 14.6. The highest BCUT2D eigenvalue weighted by molar-refractivity contribution is 5.75. The number of aromatic nitrogens is 2. The molecule has 6 heteroatoms. The SMILES string of the molecule is CCn1nc(-c2cc(OC)c(OC)c(OC)c2)c2c1NCC2. The van der Waals surface area contributed by atoms with E-state index in [0.717, 1.165) is 36.6 Å². The molecule has 0 saturated carbocycles. The van der Waals surface area contributed by atoms with Crippen LogP contribution >= 0.6 is 0 Å². The number of hydrogen-bond donors (Lipinski definition) is 1. The molecular weight excluding hydrogens is 282 g/mol. The largest absolute Gasteiger partial charge is 0.493 e. The Morgan fingerprint density at radius 2 is 1.82 bits per heavy atom. The second kappa shape index (κ2) is 5.79. The molecule has 0 bridgehead atoms. The monoisotopic (exact) mass is 303 g/mol. The maximum Gasteiger partial charge on any atom is 0.203 e. The molecule has 118 valence electrons. The third-order valence-corrected chi connectivity index (χ3v) is 3.96. The number of hydrogen-bond acceptors (Lipinski definition) is 5. The van der Waals surface area contributed by atoms with Gasteiger partial charge in [-0.25, -0.2) is 4.68 Å². The van der Waals surface area contributed by atoms with Crippen molar-refractivity contribution in [2.24, 2.45) is 0 Å². The van der Waals surface area contributed by atoms with Crippen molar-refractivity contribution in [1.82, 2.24) is 9.78 Å². The zero-order chi connectivity index (χ0) is 15.7.